The number of hydrogen-bond donors (Lipinski definition) is 0. The lowest BCUT2D eigenvalue weighted by molar-refractivity contribution is 1.27. The first-order valence-corrected chi connectivity index (χ1v) is 7.26. The average molecular weight is 296 g/mol. The topological polar surface area (TPSA) is 25.8 Å². The zero-order chi connectivity index (χ0) is 19.4. The van der Waals surface area contributed by atoms with Crippen LogP contribution < -0.4 is 0 Å². The smallest absolute Gasteiger partial charge is 0.124 e. The van der Waals surface area contributed by atoms with E-state index >= 15 is 0 Å². The van der Waals surface area contributed by atoms with Gasteiger partial charge in [-0.2, -0.15) is 0 Å². The number of rotatable bonds is 1. The third kappa shape index (κ3) is 2.01. The second kappa shape index (κ2) is 4.64. The number of pyridine rings is 2. The number of fused-ring (bicyclic) bond motifs is 3. The summed E-state index contributed by atoms with van der Waals surface area (Å²) in [5.41, 5.74) is 1.66. The van der Waals surface area contributed by atoms with Gasteiger partial charge in [0.05, 0.1) is 5.69 Å². The van der Waals surface area contributed by atoms with E-state index in [1.807, 2.05) is 18.2 Å². The number of hydrogen-bond acceptors (Lipinski definition) is 3. The van der Waals surface area contributed by atoms with Gasteiger partial charge in [-0.25, -0.2) is 4.98 Å². The van der Waals surface area contributed by atoms with Crippen LogP contribution in [0.25, 0.3) is 31.6 Å². The van der Waals surface area contributed by atoms with Gasteiger partial charge in [0.2, 0.25) is 0 Å². The van der Waals surface area contributed by atoms with E-state index in [9.17, 15) is 0 Å². The quantitative estimate of drug-likeness (QED) is 0.486. The summed E-state index contributed by atoms with van der Waals surface area (Å²) < 4.78 is 46.4. The van der Waals surface area contributed by atoms with Crippen LogP contribution in [-0.2, 0) is 0 Å². The first-order valence-electron chi connectivity index (χ1n) is 9.44. The number of nitrogens with zero attached hydrogens (tertiary/aromatic N) is 2. The summed E-state index contributed by atoms with van der Waals surface area (Å²) in [6, 6.07) is 12.1. The molecule has 3 heteroatoms. The van der Waals surface area contributed by atoms with E-state index in [-0.39, 0.29) is 11.3 Å². The van der Waals surface area contributed by atoms with Crippen LogP contribution in [0.15, 0.2) is 48.7 Å². The lowest BCUT2D eigenvalue weighted by atomic mass is 10.1. The van der Waals surface area contributed by atoms with Crippen molar-refractivity contribution < 1.29 is 8.22 Å². The van der Waals surface area contributed by atoms with Gasteiger partial charge < -0.3 is 0 Å². The van der Waals surface area contributed by atoms with Crippen LogP contribution in [0, 0.1) is 13.7 Å². The highest BCUT2D eigenvalue weighted by Gasteiger charge is 2.11. The summed E-state index contributed by atoms with van der Waals surface area (Å²) in [6.45, 7) is -4.47. The van der Waals surface area contributed by atoms with Crippen LogP contribution in [-0.4, -0.2) is 9.97 Å². The van der Waals surface area contributed by atoms with Gasteiger partial charge in [0.15, 0.2) is 0 Å². The van der Waals surface area contributed by atoms with Crippen LogP contribution in [0.5, 0.6) is 0 Å². The van der Waals surface area contributed by atoms with E-state index in [1.165, 1.54) is 29.7 Å². The molecule has 0 aliphatic rings. The molecular weight excluding hydrogens is 276 g/mol. The minimum atomic E-state index is -2.26. The molecular formula is C18H14N2S. The SMILES string of the molecule is [2H]C([2H])([2H])c1ccnc(-c2cccc3c2sc2nc(C([2H])([2H])[2H])ccc23)c1. The minimum absolute atomic E-state index is 0.0608. The summed E-state index contributed by atoms with van der Waals surface area (Å²) in [4.78, 5) is 9.30. The van der Waals surface area contributed by atoms with Gasteiger partial charge in [0.25, 0.3) is 0 Å². The van der Waals surface area contributed by atoms with Crippen molar-refractivity contribution in [1.29, 1.82) is 0 Å². The Bertz CT molecular complexity index is 1160. The molecule has 0 N–H and O–H groups in total. The Hall–Kier alpha value is -2.26. The van der Waals surface area contributed by atoms with Crippen molar-refractivity contribution in [3.8, 4) is 11.3 Å². The molecule has 3 aromatic heterocycles. The molecule has 4 aromatic rings. The van der Waals surface area contributed by atoms with E-state index in [4.69, 9.17) is 8.22 Å². The second-order valence-corrected chi connectivity index (χ2v) is 5.76. The molecule has 0 bridgehead atoms. The Morgan fingerprint density at radius 1 is 1.05 bits per heavy atom. The second-order valence-electron chi connectivity index (χ2n) is 4.76. The number of benzene rings is 1. The van der Waals surface area contributed by atoms with Crippen LogP contribution in [0.2, 0.25) is 0 Å². The molecule has 0 radical (unpaired) electrons. The van der Waals surface area contributed by atoms with Gasteiger partial charge in [-0.3, -0.25) is 4.98 Å². The maximum absolute atomic E-state index is 7.61. The molecule has 0 atom stereocenters. The fourth-order valence-electron chi connectivity index (χ4n) is 2.46. The Labute approximate surface area is 135 Å². The third-order valence-corrected chi connectivity index (χ3v) is 4.55. The van der Waals surface area contributed by atoms with E-state index in [0.717, 1.165) is 21.0 Å². The van der Waals surface area contributed by atoms with E-state index in [1.54, 1.807) is 12.1 Å². The van der Waals surface area contributed by atoms with E-state index in [0.29, 0.717) is 10.5 Å². The Morgan fingerprint density at radius 3 is 2.95 bits per heavy atom. The molecule has 3 heterocycles. The molecule has 21 heavy (non-hydrogen) atoms. The molecule has 4 rings (SSSR count). The fraction of sp³-hybridized carbons (Fsp3) is 0.111. The first kappa shape index (κ1) is 7.66. The standard InChI is InChI=1S/C18H14N2S/c1-11-8-9-19-16(10-11)15-5-3-4-13-14-7-6-12(2)20-18(14)21-17(13)15/h3-10H,1-2H3/i1D3,2D3. The highest BCUT2D eigenvalue weighted by Crippen LogP contribution is 2.38. The van der Waals surface area contributed by atoms with Crippen LogP contribution in [0.4, 0.5) is 0 Å². The number of thiophene rings is 1. The minimum Gasteiger partial charge on any atom is -0.256 e. The van der Waals surface area contributed by atoms with Gasteiger partial charge in [-0.05, 0) is 43.5 Å². The Balaban J connectivity index is 1.95. The van der Waals surface area contributed by atoms with Gasteiger partial charge in [0.1, 0.15) is 4.83 Å². The zero-order valence-corrected chi connectivity index (χ0v) is 11.7. The van der Waals surface area contributed by atoms with E-state index < -0.39 is 13.7 Å². The lowest BCUT2D eigenvalue weighted by Gasteiger charge is -2.03. The maximum atomic E-state index is 7.61. The third-order valence-electron chi connectivity index (χ3n) is 3.40. The monoisotopic (exact) mass is 296 g/mol. The van der Waals surface area contributed by atoms with Gasteiger partial charge >= 0.3 is 0 Å². The Kier molecular flexibility index (Phi) is 1.69. The fourth-order valence-corrected chi connectivity index (χ4v) is 3.65. The highest BCUT2D eigenvalue weighted by molar-refractivity contribution is 7.26. The molecule has 0 saturated heterocycles. The number of aryl methyl sites for hydroxylation is 2. The van der Waals surface area contributed by atoms with Crippen molar-refractivity contribution in [3.05, 3.63) is 59.9 Å². The molecule has 0 saturated carbocycles. The van der Waals surface area contributed by atoms with Crippen molar-refractivity contribution in [2.24, 2.45) is 0 Å². The van der Waals surface area contributed by atoms with Crippen molar-refractivity contribution in [2.45, 2.75) is 13.7 Å². The average Bonchev–Trinajstić information content (AvgIpc) is 2.98. The summed E-state index contributed by atoms with van der Waals surface area (Å²) in [5, 5.41) is 1.81. The summed E-state index contributed by atoms with van der Waals surface area (Å²) in [5.74, 6) is 0. The first-order chi connectivity index (χ1) is 12.6. The molecule has 0 amide bonds. The Morgan fingerprint density at radius 2 is 2.05 bits per heavy atom. The van der Waals surface area contributed by atoms with Crippen molar-refractivity contribution in [2.75, 3.05) is 0 Å². The van der Waals surface area contributed by atoms with E-state index in [2.05, 4.69) is 9.97 Å². The molecule has 0 aliphatic heterocycles. The lowest BCUT2D eigenvalue weighted by Crippen LogP contribution is -1.84. The molecule has 0 spiro atoms. The molecule has 1 aromatic carbocycles. The van der Waals surface area contributed by atoms with Crippen molar-refractivity contribution in [3.63, 3.8) is 0 Å². The molecule has 2 nitrogen and oxygen atoms in total. The van der Waals surface area contributed by atoms with Crippen molar-refractivity contribution in [1.82, 2.24) is 9.97 Å². The summed E-state index contributed by atoms with van der Waals surface area (Å²) in [7, 11) is 0. The maximum Gasteiger partial charge on any atom is 0.124 e. The van der Waals surface area contributed by atoms with Crippen molar-refractivity contribution >= 4 is 31.6 Å². The zero-order valence-electron chi connectivity index (χ0n) is 16.9. The van der Waals surface area contributed by atoms with Gasteiger partial charge in [-0.15, -0.1) is 11.3 Å². The summed E-state index contributed by atoms with van der Waals surface area (Å²) in [6.07, 6.45) is 1.49. The van der Waals surface area contributed by atoms with Gasteiger partial charge in [-0.1, -0.05) is 18.2 Å². The summed E-state index contributed by atoms with van der Waals surface area (Å²) >= 11 is 1.39. The molecule has 0 fully saturated rings. The van der Waals surface area contributed by atoms with Crippen LogP contribution >= 0.6 is 11.3 Å². The molecule has 0 aliphatic carbocycles. The number of aromatic nitrogens is 2. The largest absolute Gasteiger partial charge is 0.256 e. The molecule has 102 valence electrons. The molecule has 0 unspecified atom stereocenters. The highest BCUT2D eigenvalue weighted by atomic mass is 32.1. The van der Waals surface area contributed by atoms with Crippen LogP contribution in [0.1, 0.15) is 19.5 Å². The van der Waals surface area contributed by atoms with Gasteiger partial charge in [0, 0.05) is 41.2 Å². The predicted octanol–water partition coefficient (Wildman–Crippen LogP) is 5.13. The normalized spacial score (nSPS) is 16.8. The predicted molar refractivity (Wildman–Crippen MR) is 89.8 cm³/mol. The van der Waals surface area contributed by atoms with Crippen LogP contribution in [0.3, 0.4) is 0 Å².